The van der Waals surface area contributed by atoms with Crippen molar-refractivity contribution >= 4 is 59.3 Å². The minimum absolute atomic E-state index is 0.515. The molecule has 0 atom stereocenters. The van der Waals surface area contributed by atoms with Crippen molar-refractivity contribution in [2.45, 2.75) is 43.4 Å². The zero-order valence-corrected chi connectivity index (χ0v) is 34.9. The van der Waals surface area contributed by atoms with E-state index >= 15 is 0 Å². The van der Waals surface area contributed by atoms with Gasteiger partial charge in [0.15, 0.2) is 0 Å². The van der Waals surface area contributed by atoms with Crippen LogP contribution in [0.5, 0.6) is 0 Å². The van der Waals surface area contributed by atoms with Crippen LogP contribution in [0.25, 0.3) is 53.2 Å². The number of anilines is 3. The van der Waals surface area contributed by atoms with Crippen LogP contribution in [-0.2, 0) is 5.41 Å². The van der Waals surface area contributed by atoms with E-state index in [9.17, 15) is 0 Å². The second-order valence-electron chi connectivity index (χ2n) is 17.0. The summed E-state index contributed by atoms with van der Waals surface area (Å²) in [4.78, 5) is 2.55. The topological polar surface area (TPSA) is 3.24 Å². The molecule has 0 saturated heterocycles. The molecule has 1 nitrogen and oxygen atoms in total. The Morgan fingerprint density at radius 2 is 1.08 bits per heavy atom. The smallest absolute Gasteiger partial charge is 0.0714 e. The van der Waals surface area contributed by atoms with Gasteiger partial charge in [-0.1, -0.05) is 183 Å². The lowest BCUT2D eigenvalue weighted by molar-refractivity contribution is 0.444. The highest BCUT2D eigenvalue weighted by molar-refractivity contribution is 7.25. The fourth-order valence-electron chi connectivity index (χ4n) is 11.1. The second kappa shape index (κ2) is 14.8. The van der Waals surface area contributed by atoms with Gasteiger partial charge in [0.05, 0.1) is 11.1 Å². The van der Waals surface area contributed by atoms with Crippen molar-refractivity contribution in [1.82, 2.24) is 0 Å². The van der Waals surface area contributed by atoms with E-state index in [0.717, 1.165) is 17.1 Å². The molecule has 1 aromatic heterocycles. The van der Waals surface area contributed by atoms with Crippen molar-refractivity contribution in [3.8, 4) is 22.3 Å². The molecule has 12 rings (SSSR count). The average Bonchev–Trinajstić information content (AvgIpc) is 3.86. The quantitative estimate of drug-likeness (QED) is 0.155. The first-order valence-electron chi connectivity index (χ1n) is 22.0. The fourth-order valence-corrected chi connectivity index (χ4v) is 12.2. The molecule has 292 valence electrons. The molecule has 0 aliphatic heterocycles. The zero-order chi connectivity index (χ0) is 40.3. The molecular formula is C59H45NS. The lowest BCUT2D eigenvalue weighted by Crippen LogP contribution is -2.29. The van der Waals surface area contributed by atoms with Gasteiger partial charge < -0.3 is 4.90 Å². The van der Waals surface area contributed by atoms with Crippen LogP contribution >= 0.6 is 11.3 Å². The molecule has 0 unspecified atom stereocenters. The van der Waals surface area contributed by atoms with Gasteiger partial charge in [0.25, 0.3) is 0 Å². The van der Waals surface area contributed by atoms with E-state index in [4.69, 9.17) is 0 Å². The number of hydrogen-bond acceptors (Lipinski definition) is 2. The van der Waals surface area contributed by atoms with Crippen LogP contribution in [0.4, 0.5) is 17.1 Å². The van der Waals surface area contributed by atoms with Crippen molar-refractivity contribution in [2.24, 2.45) is 0 Å². The van der Waals surface area contributed by atoms with Crippen molar-refractivity contribution < 1.29 is 0 Å². The standard InChI is InChI=1S/C59H45NS/c1-5-18-40(19-6-1)48-29-17-30-52-58(48)50-35-33-46(39-53(50)59(52,43-23-9-3-10-24-43)44-25-11-4-12-26-44)60(45-34-37-56-51(38-45)49-28-15-16-31-55(49)61-56)54-36-32-41-20-13-14-27-47(41)57(54)42-21-7-2-8-22-42/h2-4,7-17,20-40H,1,5-6,18-19H2. The minimum Gasteiger partial charge on any atom is -0.310 e. The Hall–Kier alpha value is -6.74. The molecule has 1 fully saturated rings. The third-order valence-corrected chi connectivity index (χ3v) is 14.9. The van der Waals surface area contributed by atoms with E-state index in [0.29, 0.717) is 5.92 Å². The summed E-state index contributed by atoms with van der Waals surface area (Å²) in [5.41, 5.74) is 15.0. The SMILES string of the molecule is c1ccc(-c2c(N(c3ccc4c(c3)C(c3ccccc3)(c3ccccc3)c3cccc(C5CCCCC5)c3-4)c3ccc4sc5ccccc5c4c3)ccc3ccccc23)cc1. The Morgan fingerprint density at radius 1 is 0.443 bits per heavy atom. The fraction of sp³-hybridized carbons (Fsp3) is 0.119. The average molecular weight is 800 g/mol. The second-order valence-corrected chi connectivity index (χ2v) is 18.1. The normalized spacial score (nSPS) is 14.6. The number of benzene rings is 9. The molecule has 0 amide bonds. The number of fused-ring (bicyclic) bond motifs is 7. The first-order valence-corrected chi connectivity index (χ1v) is 22.8. The van der Waals surface area contributed by atoms with Gasteiger partial charge >= 0.3 is 0 Å². The number of nitrogens with zero attached hydrogens (tertiary/aromatic N) is 1. The summed E-state index contributed by atoms with van der Waals surface area (Å²) in [6, 6.07) is 77.8. The predicted octanol–water partition coefficient (Wildman–Crippen LogP) is 16.8. The van der Waals surface area contributed by atoms with Crippen LogP contribution < -0.4 is 4.90 Å². The number of rotatable bonds is 7. The summed E-state index contributed by atoms with van der Waals surface area (Å²) < 4.78 is 2.62. The summed E-state index contributed by atoms with van der Waals surface area (Å²) in [6.45, 7) is 0. The van der Waals surface area contributed by atoms with Gasteiger partial charge in [-0.15, -0.1) is 11.3 Å². The maximum Gasteiger partial charge on any atom is 0.0714 e. The van der Waals surface area contributed by atoms with Gasteiger partial charge in [-0.3, -0.25) is 0 Å². The number of thiophene rings is 1. The minimum atomic E-state index is -0.515. The molecule has 0 bridgehead atoms. The molecule has 2 heteroatoms. The first-order chi connectivity index (χ1) is 30.3. The monoisotopic (exact) mass is 799 g/mol. The van der Waals surface area contributed by atoms with Crippen LogP contribution in [0.15, 0.2) is 206 Å². The lowest BCUT2D eigenvalue weighted by Gasteiger charge is -2.35. The summed E-state index contributed by atoms with van der Waals surface area (Å²) in [5, 5.41) is 5.07. The summed E-state index contributed by atoms with van der Waals surface area (Å²) in [5.74, 6) is 0.563. The molecule has 0 radical (unpaired) electrons. The number of hydrogen-bond donors (Lipinski definition) is 0. The Morgan fingerprint density at radius 3 is 1.85 bits per heavy atom. The largest absolute Gasteiger partial charge is 0.310 e. The maximum absolute atomic E-state index is 2.56. The summed E-state index contributed by atoms with van der Waals surface area (Å²) in [7, 11) is 0. The zero-order valence-electron chi connectivity index (χ0n) is 34.1. The van der Waals surface area contributed by atoms with Gasteiger partial charge in [0.1, 0.15) is 0 Å². The van der Waals surface area contributed by atoms with Gasteiger partial charge in [0.2, 0.25) is 0 Å². The molecule has 1 saturated carbocycles. The lowest BCUT2D eigenvalue weighted by atomic mass is 9.67. The van der Waals surface area contributed by atoms with Crippen LogP contribution in [0, 0.1) is 0 Å². The Labute approximate surface area is 362 Å². The third-order valence-electron chi connectivity index (χ3n) is 13.7. The highest BCUT2D eigenvalue weighted by Crippen LogP contribution is 2.60. The van der Waals surface area contributed by atoms with Crippen LogP contribution in [-0.4, -0.2) is 0 Å². The van der Waals surface area contributed by atoms with Crippen LogP contribution in [0.2, 0.25) is 0 Å². The Bertz CT molecular complexity index is 3190. The summed E-state index contributed by atoms with van der Waals surface area (Å²) >= 11 is 1.87. The molecule has 10 aromatic rings. The van der Waals surface area contributed by atoms with Crippen LogP contribution in [0.3, 0.4) is 0 Å². The predicted molar refractivity (Wildman–Crippen MR) is 260 cm³/mol. The molecule has 1 heterocycles. The van der Waals surface area contributed by atoms with E-state index in [2.05, 4.69) is 211 Å². The van der Waals surface area contributed by atoms with E-state index in [1.54, 1.807) is 0 Å². The van der Waals surface area contributed by atoms with E-state index in [1.807, 2.05) is 11.3 Å². The Kier molecular flexibility index (Phi) is 8.75. The maximum atomic E-state index is 2.56. The van der Waals surface area contributed by atoms with E-state index < -0.39 is 5.41 Å². The Balaban J connectivity index is 1.18. The highest BCUT2D eigenvalue weighted by atomic mass is 32.1. The van der Waals surface area contributed by atoms with E-state index in [1.165, 1.54) is 113 Å². The van der Waals surface area contributed by atoms with Gasteiger partial charge in [-0.2, -0.15) is 0 Å². The van der Waals surface area contributed by atoms with Gasteiger partial charge in [0, 0.05) is 37.1 Å². The molecule has 0 spiro atoms. The van der Waals surface area contributed by atoms with Crippen molar-refractivity contribution in [3.05, 3.63) is 234 Å². The van der Waals surface area contributed by atoms with Gasteiger partial charge in [-0.05, 0) is 117 Å². The first kappa shape index (κ1) is 36.1. The molecular weight excluding hydrogens is 755 g/mol. The van der Waals surface area contributed by atoms with Crippen molar-refractivity contribution in [3.63, 3.8) is 0 Å². The molecule has 2 aliphatic rings. The van der Waals surface area contributed by atoms with Crippen LogP contribution in [0.1, 0.15) is 65.8 Å². The van der Waals surface area contributed by atoms with E-state index in [-0.39, 0.29) is 0 Å². The van der Waals surface area contributed by atoms with Crippen molar-refractivity contribution in [1.29, 1.82) is 0 Å². The molecule has 0 N–H and O–H groups in total. The molecule has 61 heavy (non-hydrogen) atoms. The molecule has 9 aromatic carbocycles. The van der Waals surface area contributed by atoms with Gasteiger partial charge in [-0.25, -0.2) is 0 Å². The van der Waals surface area contributed by atoms with Crippen molar-refractivity contribution in [2.75, 3.05) is 4.90 Å². The molecule has 2 aliphatic carbocycles. The third kappa shape index (κ3) is 5.73. The highest BCUT2D eigenvalue weighted by Gasteiger charge is 2.47. The summed E-state index contributed by atoms with van der Waals surface area (Å²) in [6.07, 6.45) is 6.45.